The van der Waals surface area contributed by atoms with E-state index in [9.17, 15) is 14.7 Å². The number of hydrogen-bond acceptors (Lipinski definition) is 4. The molecule has 1 aromatic rings. The number of benzene rings is 1. The number of allylic oxidation sites excluding steroid dienone is 1. The maximum atomic E-state index is 11.9. The van der Waals surface area contributed by atoms with Gasteiger partial charge < -0.3 is 20.5 Å². The molecule has 1 aliphatic carbocycles. The van der Waals surface area contributed by atoms with Crippen LogP contribution < -0.4 is 10.6 Å². The van der Waals surface area contributed by atoms with Crippen LogP contribution in [0.3, 0.4) is 0 Å². The number of fused-ring (bicyclic) bond motifs is 1. The van der Waals surface area contributed by atoms with Gasteiger partial charge in [-0.1, -0.05) is 18.2 Å². The van der Waals surface area contributed by atoms with Gasteiger partial charge in [0.2, 0.25) is 11.8 Å². The van der Waals surface area contributed by atoms with Gasteiger partial charge in [0.15, 0.2) is 0 Å². The minimum absolute atomic E-state index is 0.00926. The number of aliphatic hydroxyl groups excluding tert-OH is 1. The third kappa shape index (κ3) is 4.06. The van der Waals surface area contributed by atoms with Crippen molar-refractivity contribution < 1.29 is 19.4 Å². The molecule has 0 spiro atoms. The Morgan fingerprint density at radius 3 is 2.44 bits per heavy atom. The second kappa shape index (κ2) is 7.44. The third-order valence-electron chi connectivity index (χ3n) is 5.68. The van der Waals surface area contributed by atoms with Crippen LogP contribution in [0.4, 0.5) is 5.69 Å². The van der Waals surface area contributed by atoms with Gasteiger partial charge in [-0.25, -0.2) is 0 Å². The summed E-state index contributed by atoms with van der Waals surface area (Å²) >= 11 is 0. The van der Waals surface area contributed by atoms with E-state index in [2.05, 4.69) is 10.6 Å². The van der Waals surface area contributed by atoms with E-state index in [1.165, 1.54) is 13.8 Å². The molecule has 0 aromatic heterocycles. The summed E-state index contributed by atoms with van der Waals surface area (Å²) in [5.41, 5.74) is 2.11. The lowest BCUT2D eigenvalue weighted by atomic mass is 9.68. The second-order valence-electron chi connectivity index (χ2n) is 7.93. The number of nitrogens with one attached hydrogen (secondary N) is 2. The summed E-state index contributed by atoms with van der Waals surface area (Å²) in [6.07, 6.45) is 2.11. The fourth-order valence-electron chi connectivity index (χ4n) is 4.34. The molecular weight excluding hydrogens is 344 g/mol. The Morgan fingerprint density at radius 1 is 1.19 bits per heavy atom. The third-order valence-corrected chi connectivity index (χ3v) is 5.68. The summed E-state index contributed by atoms with van der Waals surface area (Å²) < 4.78 is 6.33. The van der Waals surface area contributed by atoms with Crippen LogP contribution in [0.5, 0.6) is 0 Å². The smallest absolute Gasteiger partial charge is 0.221 e. The number of ether oxygens (including phenoxy) is 1. The van der Waals surface area contributed by atoms with Gasteiger partial charge in [0.25, 0.3) is 0 Å². The molecule has 0 bridgehead atoms. The first-order valence-electron chi connectivity index (χ1n) is 9.36. The molecule has 146 valence electrons. The molecule has 0 radical (unpaired) electrons. The second-order valence-corrected chi connectivity index (χ2v) is 7.93. The molecule has 1 heterocycles. The Morgan fingerprint density at radius 2 is 1.85 bits per heavy atom. The summed E-state index contributed by atoms with van der Waals surface area (Å²) in [6, 6.07) is 7.51. The molecule has 0 saturated carbocycles. The van der Waals surface area contributed by atoms with Crippen molar-refractivity contribution in [3.63, 3.8) is 0 Å². The quantitative estimate of drug-likeness (QED) is 0.712. The molecule has 2 amide bonds. The average Bonchev–Trinajstić information content (AvgIpc) is 2.57. The highest BCUT2D eigenvalue weighted by Gasteiger charge is 2.50. The van der Waals surface area contributed by atoms with Crippen LogP contribution in [-0.2, 0) is 14.3 Å². The number of rotatable bonds is 3. The monoisotopic (exact) mass is 372 g/mol. The zero-order chi connectivity index (χ0) is 19.8. The van der Waals surface area contributed by atoms with Crippen LogP contribution in [0.15, 0.2) is 35.9 Å². The van der Waals surface area contributed by atoms with Gasteiger partial charge in [0.1, 0.15) is 6.10 Å². The number of hydrogen-bond donors (Lipinski definition) is 3. The van der Waals surface area contributed by atoms with Crippen molar-refractivity contribution in [2.75, 3.05) is 5.32 Å². The van der Waals surface area contributed by atoms with E-state index in [4.69, 9.17) is 4.74 Å². The highest BCUT2D eigenvalue weighted by molar-refractivity contribution is 5.88. The van der Waals surface area contributed by atoms with E-state index in [-0.39, 0.29) is 29.9 Å². The molecule has 1 fully saturated rings. The molecule has 3 rings (SSSR count). The fourth-order valence-corrected chi connectivity index (χ4v) is 4.34. The minimum atomic E-state index is -0.682. The Balaban J connectivity index is 1.89. The van der Waals surface area contributed by atoms with Gasteiger partial charge >= 0.3 is 0 Å². The normalized spacial score (nSPS) is 32.9. The van der Waals surface area contributed by atoms with Crippen molar-refractivity contribution in [1.82, 2.24) is 5.32 Å². The van der Waals surface area contributed by atoms with E-state index >= 15 is 0 Å². The predicted octanol–water partition coefficient (Wildman–Crippen LogP) is 2.70. The van der Waals surface area contributed by atoms with Crippen molar-refractivity contribution in [3.8, 4) is 0 Å². The SMILES string of the molecule is CC(=O)Nc1ccc([C@@H]2C[C@@](C)(NC(C)=O)[C@@H]3CC=C(C)[C@@H](O)[C@@H]3O2)cc1. The summed E-state index contributed by atoms with van der Waals surface area (Å²) in [5, 5.41) is 16.6. The standard InChI is InChI=1S/C21H28N2O4/c1-12-5-10-17-20(19(12)26)27-18(11-21(17,4)23-14(3)25)15-6-8-16(9-7-15)22-13(2)24/h5-9,17-20,26H,10-11H2,1-4H3,(H,22,24)(H,23,25)/t17-,18+,19-,20-,21-/m1/s1. The molecule has 6 nitrogen and oxygen atoms in total. The molecule has 0 unspecified atom stereocenters. The lowest BCUT2D eigenvalue weighted by Gasteiger charge is -2.52. The largest absolute Gasteiger partial charge is 0.386 e. The first-order valence-corrected chi connectivity index (χ1v) is 9.36. The zero-order valence-corrected chi connectivity index (χ0v) is 16.3. The molecule has 1 aromatic carbocycles. The fraction of sp³-hybridized carbons (Fsp3) is 0.524. The summed E-state index contributed by atoms with van der Waals surface area (Å²) in [5.74, 6) is -0.195. The Bertz CT molecular complexity index is 758. The van der Waals surface area contributed by atoms with Crippen molar-refractivity contribution in [3.05, 3.63) is 41.5 Å². The predicted molar refractivity (Wildman–Crippen MR) is 103 cm³/mol. The maximum absolute atomic E-state index is 11.9. The zero-order valence-electron chi connectivity index (χ0n) is 16.3. The first kappa shape index (κ1) is 19.6. The Hall–Kier alpha value is -2.18. The Labute approximate surface area is 160 Å². The van der Waals surface area contributed by atoms with Crippen molar-refractivity contribution in [2.45, 2.75) is 64.4 Å². The lowest BCUT2D eigenvalue weighted by molar-refractivity contribution is -0.165. The molecule has 3 N–H and O–H groups in total. The summed E-state index contributed by atoms with van der Waals surface area (Å²) in [6.45, 7) is 6.94. The molecule has 1 saturated heterocycles. The highest BCUT2D eigenvalue weighted by Crippen LogP contribution is 2.46. The van der Waals surface area contributed by atoms with Gasteiger partial charge in [-0.2, -0.15) is 0 Å². The molecular formula is C21H28N2O4. The molecule has 6 heteroatoms. The van der Waals surface area contributed by atoms with Crippen LogP contribution in [0.1, 0.15) is 52.2 Å². The van der Waals surface area contributed by atoms with E-state index in [1.54, 1.807) is 0 Å². The van der Waals surface area contributed by atoms with Crippen LogP contribution in [0.25, 0.3) is 0 Å². The number of amides is 2. The summed E-state index contributed by atoms with van der Waals surface area (Å²) in [4.78, 5) is 23.1. The van der Waals surface area contributed by atoms with Crippen LogP contribution >= 0.6 is 0 Å². The van der Waals surface area contributed by atoms with Gasteiger partial charge in [-0.3, -0.25) is 9.59 Å². The van der Waals surface area contributed by atoms with E-state index in [0.29, 0.717) is 6.42 Å². The van der Waals surface area contributed by atoms with E-state index < -0.39 is 11.6 Å². The number of aliphatic hydroxyl groups is 1. The topological polar surface area (TPSA) is 87.7 Å². The van der Waals surface area contributed by atoms with Crippen molar-refractivity contribution in [1.29, 1.82) is 0 Å². The molecule has 1 aliphatic heterocycles. The average molecular weight is 372 g/mol. The van der Waals surface area contributed by atoms with Crippen LogP contribution in [-0.4, -0.2) is 34.7 Å². The molecule has 5 atom stereocenters. The minimum Gasteiger partial charge on any atom is -0.386 e. The van der Waals surface area contributed by atoms with Crippen molar-refractivity contribution >= 4 is 17.5 Å². The molecule has 2 aliphatic rings. The highest BCUT2D eigenvalue weighted by atomic mass is 16.5. The maximum Gasteiger partial charge on any atom is 0.221 e. The number of carbonyl (C=O) groups excluding carboxylic acids is 2. The lowest BCUT2D eigenvalue weighted by Crippen LogP contribution is -2.62. The van der Waals surface area contributed by atoms with Crippen LogP contribution in [0.2, 0.25) is 0 Å². The molecule has 27 heavy (non-hydrogen) atoms. The first-order chi connectivity index (χ1) is 12.7. The van der Waals surface area contributed by atoms with Gasteiger partial charge in [-0.15, -0.1) is 0 Å². The van der Waals surface area contributed by atoms with Gasteiger partial charge in [0.05, 0.1) is 12.2 Å². The Kier molecular flexibility index (Phi) is 5.40. The van der Waals surface area contributed by atoms with E-state index in [0.717, 1.165) is 23.2 Å². The summed E-state index contributed by atoms with van der Waals surface area (Å²) in [7, 11) is 0. The van der Waals surface area contributed by atoms with Crippen LogP contribution in [0, 0.1) is 5.92 Å². The van der Waals surface area contributed by atoms with E-state index in [1.807, 2.05) is 44.2 Å². The van der Waals surface area contributed by atoms with Crippen molar-refractivity contribution in [2.24, 2.45) is 5.92 Å². The number of anilines is 1. The van der Waals surface area contributed by atoms with Gasteiger partial charge in [0, 0.05) is 37.4 Å². The van der Waals surface area contributed by atoms with Gasteiger partial charge in [-0.05, 0) is 43.5 Å². The number of carbonyl (C=O) groups is 2.